The van der Waals surface area contributed by atoms with Crippen molar-refractivity contribution in [1.29, 1.82) is 0 Å². The van der Waals surface area contributed by atoms with Crippen molar-refractivity contribution in [2.24, 2.45) is 0 Å². The SMILES string of the molecule is Cc1c(C(=O)N2CC[NH+](Cc3ccccc3)CC2)sc2ncn(Cc3cccc(F)c3)c(=O)c12. The predicted molar refractivity (Wildman–Crippen MR) is 131 cm³/mol. The minimum absolute atomic E-state index is 0.0321. The Hall–Kier alpha value is -3.36. The van der Waals surface area contributed by atoms with Gasteiger partial charge in [0, 0.05) is 5.56 Å². The minimum Gasteiger partial charge on any atom is -0.328 e. The highest BCUT2D eigenvalue weighted by atomic mass is 32.1. The molecule has 0 unspecified atom stereocenters. The Morgan fingerprint density at radius 2 is 1.82 bits per heavy atom. The summed E-state index contributed by atoms with van der Waals surface area (Å²) in [7, 11) is 0. The molecule has 6 nitrogen and oxygen atoms in total. The summed E-state index contributed by atoms with van der Waals surface area (Å²) >= 11 is 1.28. The van der Waals surface area contributed by atoms with Crippen LogP contribution in [-0.2, 0) is 13.1 Å². The summed E-state index contributed by atoms with van der Waals surface area (Å²) in [6, 6.07) is 16.6. The van der Waals surface area contributed by atoms with Gasteiger partial charge in [-0.3, -0.25) is 14.2 Å². The smallest absolute Gasteiger partial charge is 0.264 e. The second-order valence-corrected chi connectivity index (χ2v) is 9.75. The summed E-state index contributed by atoms with van der Waals surface area (Å²) in [5.41, 5.74) is 2.45. The molecule has 8 heteroatoms. The fourth-order valence-corrected chi connectivity index (χ4v) is 5.65. The van der Waals surface area contributed by atoms with E-state index < -0.39 is 0 Å². The number of quaternary nitrogens is 1. The van der Waals surface area contributed by atoms with Gasteiger partial charge in [0.25, 0.3) is 11.5 Å². The van der Waals surface area contributed by atoms with Crippen LogP contribution in [0.4, 0.5) is 4.39 Å². The molecule has 5 rings (SSSR count). The number of nitrogens with zero attached hydrogens (tertiary/aromatic N) is 3. The third-order valence-corrected chi connectivity index (χ3v) is 7.60. The fourth-order valence-electron chi connectivity index (χ4n) is 4.54. The lowest BCUT2D eigenvalue weighted by atomic mass is 10.1. The molecule has 4 aromatic rings. The molecule has 1 aliphatic heterocycles. The standard InChI is InChI=1S/C26H25FN4O2S/c1-18-22-24(28-17-31(25(22)32)16-20-8-5-9-21(27)14-20)34-23(18)26(33)30-12-10-29(11-13-30)15-19-6-3-2-4-7-19/h2-9,14,17H,10-13,15-16H2,1H3/p+1. The molecule has 174 valence electrons. The average molecular weight is 478 g/mol. The first kappa shape index (κ1) is 22.4. The number of piperazine rings is 1. The van der Waals surface area contributed by atoms with Gasteiger partial charge in [0.05, 0.1) is 49.3 Å². The number of halogens is 1. The van der Waals surface area contributed by atoms with E-state index in [1.54, 1.807) is 12.1 Å². The highest BCUT2D eigenvalue weighted by Crippen LogP contribution is 2.28. The molecule has 0 radical (unpaired) electrons. The van der Waals surface area contributed by atoms with Crippen molar-refractivity contribution in [2.75, 3.05) is 26.2 Å². The lowest BCUT2D eigenvalue weighted by molar-refractivity contribution is -0.917. The molecule has 0 aliphatic carbocycles. The highest BCUT2D eigenvalue weighted by Gasteiger charge is 2.28. The molecule has 1 fully saturated rings. The second kappa shape index (κ2) is 9.48. The normalized spacial score (nSPS) is 14.6. The summed E-state index contributed by atoms with van der Waals surface area (Å²) < 4.78 is 15.0. The molecule has 3 heterocycles. The number of nitrogens with one attached hydrogen (secondary N) is 1. The first-order valence-corrected chi connectivity index (χ1v) is 12.2. The van der Waals surface area contributed by atoms with Crippen molar-refractivity contribution in [3.05, 3.63) is 98.7 Å². The van der Waals surface area contributed by atoms with Gasteiger partial charge in [-0.25, -0.2) is 9.37 Å². The maximum Gasteiger partial charge on any atom is 0.264 e. The number of fused-ring (bicyclic) bond motifs is 1. The van der Waals surface area contributed by atoms with E-state index >= 15 is 0 Å². The number of aromatic nitrogens is 2. The molecule has 0 bridgehead atoms. The lowest BCUT2D eigenvalue weighted by Gasteiger charge is -2.32. The van der Waals surface area contributed by atoms with Gasteiger partial charge < -0.3 is 9.80 Å². The van der Waals surface area contributed by atoms with E-state index in [1.165, 1.54) is 44.8 Å². The van der Waals surface area contributed by atoms with Crippen molar-refractivity contribution in [3.63, 3.8) is 0 Å². The zero-order valence-corrected chi connectivity index (χ0v) is 19.8. The van der Waals surface area contributed by atoms with Crippen molar-refractivity contribution in [2.45, 2.75) is 20.0 Å². The van der Waals surface area contributed by atoms with E-state index in [1.807, 2.05) is 17.9 Å². The largest absolute Gasteiger partial charge is 0.328 e. The molecular formula is C26H26FN4O2S+. The molecule has 1 aliphatic rings. The van der Waals surface area contributed by atoms with Gasteiger partial charge in [-0.15, -0.1) is 11.3 Å². The molecule has 2 aromatic carbocycles. The summed E-state index contributed by atoms with van der Waals surface area (Å²) in [5.74, 6) is -0.375. The third kappa shape index (κ3) is 4.51. The molecule has 0 atom stereocenters. The van der Waals surface area contributed by atoms with E-state index in [-0.39, 0.29) is 23.8 Å². The van der Waals surface area contributed by atoms with Gasteiger partial charge in [0.1, 0.15) is 17.2 Å². The summed E-state index contributed by atoms with van der Waals surface area (Å²) in [6.45, 7) is 6.16. The Morgan fingerprint density at radius 3 is 2.56 bits per heavy atom. The number of amides is 1. The van der Waals surface area contributed by atoms with Crippen molar-refractivity contribution < 1.29 is 14.1 Å². The van der Waals surface area contributed by atoms with Crippen LogP contribution < -0.4 is 10.5 Å². The number of carbonyl (C=O) groups excluding carboxylic acids is 1. The Balaban J connectivity index is 1.33. The molecule has 1 saturated heterocycles. The fraction of sp³-hybridized carbons (Fsp3) is 0.269. The van der Waals surface area contributed by atoms with Crippen molar-refractivity contribution >= 4 is 27.5 Å². The maximum atomic E-state index is 13.5. The molecule has 2 aromatic heterocycles. The van der Waals surface area contributed by atoms with Gasteiger partial charge >= 0.3 is 0 Å². The minimum atomic E-state index is -0.343. The first-order valence-electron chi connectivity index (χ1n) is 11.4. The molecule has 0 spiro atoms. The number of hydrogen-bond donors (Lipinski definition) is 1. The van der Waals surface area contributed by atoms with Crippen LogP contribution in [0.25, 0.3) is 10.2 Å². The van der Waals surface area contributed by atoms with E-state index in [0.717, 1.165) is 19.6 Å². The molecule has 34 heavy (non-hydrogen) atoms. The van der Waals surface area contributed by atoms with Crippen LogP contribution in [0, 0.1) is 12.7 Å². The topological polar surface area (TPSA) is 59.6 Å². The summed E-state index contributed by atoms with van der Waals surface area (Å²) in [6.07, 6.45) is 1.48. The Kier molecular flexibility index (Phi) is 6.26. The Bertz CT molecular complexity index is 1390. The van der Waals surface area contributed by atoms with Crippen LogP contribution in [0.1, 0.15) is 26.4 Å². The second-order valence-electron chi connectivity index (χ2n) is 8.75. The van der Waals surface area contributed by atoms with Gasteiger partial charge in [-0.1, -0.05) is 42.5 Å². The molecule has 1 amide bonds. The highest BCUT2D eigenvalue weighted by molar-refractivity contribution is 7.20. The van der Waals surface area contributed by atoms with E-state index in [0.29, 0.717) is 39.3 Å². The number of hydrogen-bond acceptors (Lipinski definition) is 4. The van der Waals surface area contributed by atoms with Crippen LogP contribution >= 0.6 is 11.3 Å². The number of aryl methyl sites for hydroxylation is 1. The van der Waals surface area contributed by atoms with Gasteiger partial charge in [0.2, 0.25) is 0 Å². The van der Waals surface area contributed by atoms with Crippen LogP contribution in [0.3, 0.4) is 0 Å². The van der Waals surface area contributed by atoms with Gasteiger partial charge in [-0.2, -0.15) is 0 Å². The van der Waals surface area contributed by atoms with E-state index in [4.69, 9.17) is 0 Å². The summed E-state index contributed by atoms with van der Waals surface area (Å²) in [5, 5.41) is 0.473. The maximum absolute atomic E-state index is 13.5. The zero-order valence-electron chi connectivity index (χ0n) is 19.0. The van der Waals surface area contributed by atoms with Crippen LogP contribution in [0.15, 0.2) is 65.7 Å². The average Bonchev–Trinajstić information content (AvgIpc) is 3.18. The van der Waals surface area contributed by atoms with Crippen LogP contribution in [0.5, 0.6) is 0 Å². The zero-order chi connectivity index (χ0) is 23.7. The number of rotatable bonds is 5. The monoisotopic (exact) mass is 477 g/mol. The Labute approximate surface area is 200 Å². The van der Waals surface area contributed by atoms with Crippen molar-refractivity contribution in [1.82, 2.24) is 14.5 Å². The first-order chi connectivity index (χ1) is 16.5. The molecule has 0 saturated carbocycles. The molecular weight excluding hydrogens is 451 g/mol. The molecule has 1 N–H and O–H groups in total. The van der Waals surface area contributed by atoms with Gasteiger partial charge in [-0.05, 0) is 30.2 Å². The van der Waals surface area contributed by atoms with Crippen LogP contribution in [0.2, 0.25) is 0 Å². The number of benzene rings is 2. The van der Waals surface area contributed by atoms with Crippen molar-refractivity contribution in [3.8, 4) is 0 Å². The van der Waals surface area contributed by atoms with Crippen LogP contribution in [-0.4, -0.2) is 46.5 Å². The Morgan fingerprint density at radius 1 is 1.09 bits per heavy atom. The number of carbonyl (C=O) groups is 1. The summed E-state index contributed by atoms with van der Waals surface area (Å²) in [4.78, 5) is 35.4. The van der Waals surface area contributed by atoms with E-state index in [9.17, 15) is 14.0 Å². The predicted octanol–water partition coefficient (Wildman–Crippen LogP) is 2.49. The number of thiophene rings is 1. The quantitative estimate of drug-likeness (QED) is 0.481. The lowest BCUT2D eigenvalue weighted by Crippen LogP contribution is -3.13. The van der Waals surface area contributed by atoms with Gasteiger partial charge in [0.15, 0.2) is 0 Å². The third-order valence-electron chi connectivity index (χ3n) is 6.41. The van der Waals surface area contributed by atoms with E-state index in [2.05, 4.69) is 29.2 Å².